The van der Waals surface area contributed by atoms with Crippen molar-refractivity contribution in [3.05, 3.63) is 23.2 Å². The van der Waals surface area contributed by atoms with E-state index in [1.54, 1.807) is 25.1 Å². The molecular formula is C10H13ClN2O2. The Balaban J connectivity index is 2.80. The molecule has 0 unspecified atom stereocenters. The fourth-order valence-corrected chi connectivity index (χ4v) is 1.26. The minimum Gasteiger partial charge on any atom is -0.495 e. The van der Waals surface area contributed by atoms with Gasteiger partial charge in [-0.3, -0.25) is 4.79 Å². The molecule has 1 atom stereocenters. The average molecular weight is 229 g/mol. The van der Waals surface area contributed by atoms with Crippen molar-refractivity contribution in [3.8, 4) is 5.75 Å². The summed E-state index contributed by atoms with van der Waals surface area (Å²) in [4.78, 5) is 11.3. The molecule has 0 radical (unpaired) electrons. The van der Waals surface area contributed by atoms with Crippen LogP contribution in [0.25, 0.3) is 0 Å². The van der Waals surface area contributed by atoms with Crippen LogP contribution in [-0.2, 0) is 4.79 Å². The number of hydrogen-bond donors (Lipinski definition) is 2. The van der Waals surface area contributed by atoms with E-state index in [1.807, 2.05) is 0 Å². The summed E-state index contributed by atoms with van der Waals surface area (Å²) >= 11 is 5.89. The summed E-state index contributed by atoms with van der Waals surface area (Å²) < 4.78 is 4.98. The summed E-state index contributed by atoms with van der Waals surface area (Å²) in [6.07, 6.45) is 0. The van der Waals surface area contributed by atoms with Crippen molar-refractivity contribution in [1.82, 2.24) is 0 Å². The molecule has 0 saturated carbocycles. The van der Waals surface area contributed by atoms with Gasteiger partial charge < -0.3 is 15.8 Å². The number of benzene rings is 1. The van der Waals surface area contributed by atoms with E-state index in [-0.39, 0.29) is 5.91 Å². The maximum Gasteiger partial charge on any atom is 0.240 e. The van der Waals surface area contributed by atoms with Gasteiger partial charge in [-0.05, 0) is 25.1 Å². The highest BCUT2D eigenvalue weighted by Gasteiger charge is 2.08. The molecule has 82 valence electrons. The van der Waals surface area contributed by atoms with Crippen molar-refractivity contribution >= 4 is 23.2 Å². The summed E-state index contributed by atoms with van der Waals surface area (Å²) in [5, 5.41) is 3.07. The van der Waals surface area contributed by atoms with Crippen molar-refractivity contribution in [1.29, 1.82) is 0 Å². The van der Waals surface area contributed by atoms with Crippen LogP contribution in [0.5, 0.6) is 5.75 Å². The molecule has 15 heavy (non-hydrogen) atoms. The number of halogens is 1. The topological polar surface area (TPSA) is 64.3 Å². The van der Waals surface area contributed by atoms with Gasteiger partial charge in [-0.15, -0.1) is 0 Å². The number of hydrogen-bond acceptors (Lipinski definition) is 3. The Morgan fingerprint density at radius 2 is 2.27 bits per heavy atom. The monoisotopic (exact) mass is 228 g/mol. The van der Waals surface area contributed by atoms with Gasteiger partial charge in [0.05, 0.1) is 18.2 Å². The van der Waals surface area contributed by atoms with Gasteiger partial charge in [0.2, 0.25) is 5.91 Å². The molecule has 5 heteroatoms. The van der Waals surface area contributed by atoms with Crippen LogP contribution < -0.4 is 15.8 Å². The van der Waals surface area contributed by atoms with E-state index in [1.165, 1.54) is 7.11 Å². The second-order valence-corrected chi connectivity index (χ2v) is 3.53. The molecule has 0 aliphatic carbocycles. The fraction of sp³-hybridized carbons (Fsp3) is 0.300. The van der Waals surface area contributed by atoms with Crippen LogP contribution in [0.15, 0.2) is 18.2 Å². The highest BCUT2D eigenvalue weighted by Crippen LogP contribution is 2.27. The molecule has 0 bridgehead atoms. The summed E-state index contributed by atoms with van der Waals surface area (Å²) in [6, 6.07) is 4.44. The number of methoxy groups -OCH3 is 1. The number of nitrogens with one attached hydrogen (secondary N) is 1. The Bertz CT molecular complexity index is 366. The van der Waals surface area contributed by atoms with Gasteiger partial charge in [0, 0.05) is 5.69 Å². The van der Waals surface area contributed by atoms with Crippen LogP contribution in [0.2, 0.25) is 5.02 Å². The Morgan fingerprint density at radius 3 is 2.73 bits per heavy atom. The molecule has 0 heterocycles. The largest absolute Gasteiger partial charge is 0.495 e. The van der Waals surface area contributed by atoms with E-state index in [2.05, 4.69) is 5.32 Å². The molecule has 1 rings (SSSR count). The number of carbonyl (C=O) groups excluding carboxylic acids is 1. The molecule has 3 N–H and O–H groups in total. The van der Waals surface area contributed by atoms with Gasteiger partial charge in [-0.1, -0.05) is 11.6 Å². The third-order valence-electron chi connectivity index (χ3n) is 1.83. The van der Waals surface area contributed by atoms with Crippen LogP contribution in [0.1, 0.15) is 6.92 Å². The third-order valence-corrected chi connectivity index (χ3v) is 2.13. The fourth-order valence-electron chi connectivity index (χ4n) is 1.00. The number of nitrogens with two attached hydrogens (primary N) is 1. The summed E-state index contributed by atoms with van der Waals surface area (Å²) in [5.41, 5.74) is 6.01. The zero-order valence-electron chi connectivity index (χ0n) is 8.58. The number of anilines is 1. The molecule has 1 amide bonds. The zero-order valence-corrected chi connectivity index (χ0v) is 9.34. The molecule has 0 spiro atoms. The predicted molar refractivity (Wildman–Crippen MR) is 60.3 cm³/mol. The molecule has 0 aliphatic rings. The van der Waals surface area contributed by atoms with Crippen LogP contribution in [0.4, 0.5) is 5.69 Å². The number of amides is 1. The normalized spacial score (nSPS) is 12.0. The highest BCUT2D eigenvalue weighted by molar-refractivity contribution is 6.32. The Kier molecular flexibility index (Phi) is 3.94. The van der Waals surface area contributed by atoms with Gasteiger partial charge in [0.1, 0.15) is 5.75 Å². The Hall–Kier alpha value is -1.26. The van der Waals surface area contributed by atoms with Gasteiger partial charge in [-0.25, -0.2) is 0 Å². The first-order chi connectivity index (χ1) is 7.04. The second kappa shape index (κ2) is 5.00. The van der Waals surface area contributed by atoms with Crippen LogP contribution >= 0.6 is 11.6 Å². The SMILES string of the molecule is COc1ccc(NC(=O)[C@@H](C)N)cc1Cl. The third kappa shape index (κ3) is 3.11. The minimum atomic E-state index is -0.550. The lowest BCUT2D eigenvalue weighted by atomic mass is 10.2. The van der Waals surface area contributed by atoms with Gasteiger partial charge >= 0.3 is 0 Å². The Labute approximate surface area is 93.4 Å². The van der Waals surface area contributed by atoms with Crippen LogP contribution in [0, 0.1) is 0 Å². The van der Waals surface area contributed by atoms with Gasteiger partial charge in [0.15, 0.2) is 0 Å². The number of ether oxygens (including phenoxy) is 1. The van der Waals surface area contributed by atoms with E-state index in [0.717, 1.165) is 0 Å². The summed E-state index contributed by atoms with van der Waals surface area (Å²) in [5.74, 6) is 0.312. The van der Waals surface area contributed by atoms with Gasteiger partial charge in [-0.2, -0.15) is 0 Å². The van der Waals surface area contributed by atoms with Gasteiger partial charge in [0.25, 0.3) is 0 Å². The minimum absolute atomic E-state index is 0.253. The maximum absolute atomic E-state index is 11.3. The molecule has 0 aliphatic heterocycles. The lowest BCUT2D eigenvalue weighted by molar-refractivity contribution is -0.117. The van der Waals surface area contributed by atoms with Crippen molar-refractivity contribution in [2.75, 3.05) is 12.4 Å². The quantitative estimate of drug-likeness (QED) is 0.827. The molecular weight excluding hydrogens is 216 g/mol. The van der Waals surface area contributed by atoms with E-state index < -0.39 is 6.04 Å². The van der Waals surface area contributed by atoms with E-state index >= 15 is 0 Å². The van der Waals surface area contributed by atoms with E-state index in [9.17, 15) is 4.79 Å². The van der Waals surface area contributed by atoms with Crippen molar-refractivity contribution in [2.24, 2.45) is 5.73 Å². The molecule has 1 aromatic carbocycles. The van der Waals surface area contributed by atoms with E-state index in [4.69, 9.17) is 22.1 Å². The second-order valence-electron chi connectivity index (χ2n) is 3.13. The lowest BCUT2D eigenvalue weighted by Gasteiger charge is -2.09. The number of carbonyl (C=O) groups is 1. The zero-order chi connectivity index (χ0) is 11.4. The first-order valence-electron chi connectivity index (χ1n) is 4.44. The predicted octanol–water partition coefficient (Wildman–Crippen LogP) is 1.63. The average Bonchev–Trinajstić information content (AvgIpc) is 2.18. The van der Waals surface area contributed by atoms with Crippen molar-refractivity contribution in [2.45, 2.75) is 13.0 Å². The molecule has 1 aromatic rings. The smallest absolute Gasteiger partial charge is 0.240 e. The lowest BCUT2D eigenvalue weighted by Crippen LogP contribution is -2.32. The molecule has 0 fully saturated rings. The van der Waals surface area contributed by atoms with Crippen LogP contribution in [-0.4, -0.2) is 19.1 Å². The molecule has 0 aromatic heterocycles. The number of rotatable bonds is 3. The molecule has 0 saturated heterocycles. The van der Waals surface area contributed by atoms with Crippen molar-refractivity contribution < 1.29 is 9.53 Å². The van der Waals surface area contributed by atoms with Crippen LogP contribution in [0.3, 0.4) is 0 Å². The highest BCUT2D eigenvalue weighted by atomic mass is 35.5. The summed E-state index contributed by atoms with van der Waals surface area (Å²) in [7, 11) is 1.53. The maximum atomic E-state index is 11.3. The van der Waals surface area contributed by atoms with E-state index in [0.29, 0.717) is 16.5 Å². The first-order valence-corrected chi connectivity index (χ1v) is 4.82. The molecule has 4 nitrogen and oxygen atoms in total. The van der Waals surface area contributed by atoms with Crippen molar-refractivity contribution in [3.63, 3.8) is 0 Å². The standard InChI is InChI=1S/C10H13ClN2O2/c1-6(12)10(14)13-7-3-4-9(15-2)8(11)5-7/h3-6H,12H2,1-2H3,(H,13,14)/t6-/m1/s1. The summed E-state index contributed by atoms with van der Waals surface area (Å²) in [6.45, 7) is 1.61. The Morgan fingerprint density at radius 1 is 1.60 bits per heavy atom. The first kappa shape index (κ1) is 11.8.